The first kappa shape index (κ1) is 18.5. The molecule has 0 saturated carbocycles. The molecule has 0 spiro atoms. The number of anilines is 1. The molecular weight excluding hydrogens is 348 g/mol. The van der Waals surface area contributed by atoms with Gasteiger partial charge in [0.25, 0.3) is 0 Å². The zero-order valence-corrected chi connectivity index (χ0v) is 16.7. The predicted molar refractivity (Wildman–Crippen MR) is 112 cm³/mol. The van der Waals surface area contributed by atoms with Crippen LogP contribution in [-0.2, 0) is 26.2 Å². The summed E-state index contributed by atoms with van der Waals surface area (Å²) in [5, 5.41) is 3.41. The molecule has 0 atom stereocenters. The summed E-state index contributed by atoms with van der Waals surface area (Å²) in [6.45, 7) is 3.32. The van der Waals surface area contributed by atoms with E-state index in [1.165, 1.54) is 16.7 Å². The van der Waals surface area contributed by atoms with Crippen molar-refractivity contribution < 1.29 is 0 Å². The predicted octanol–water partition coefficient (Wildman–Crippen LogP) is 2.84. The van der Waals surface area contributed by atoms with E-state index in [-0.39, 0.29) is 0 Å². The Balaban J connectivity index is 1.68. The molecule has 2 aromatic heterocycles. The molecule has 6 heteroatoms. The highest BCUT2D eigenvalue weighted by Crippen LogP contribution is 2.28. The van der Waals surface area contributed by atoms with Crippen molar-refractivity contribution in [2.45, 2.75) is 26.2 Å². The van der Waals surface area contributed by atoms with Crippen LogP contribution in [0, 0.1) is 0 Å². The molecule has 6 nitrogen and oxygen atoms in total. The average molecular weight is 374 g/mol. The van der Waals surface area contributed by atoms with E-state index in [0.717, 1.165) is 49.1 Å². The largest absolute Gasteiger partial charge is 0.355 e. The molecule has 0 aliphatic carbocycles. The van der Waals surface area contributed by atoms with Gasteiger partial charge in [-0.3, -0.25) is 4.98 Å². The molecule has 1 N–H and O–H groups in total. The minimum Gasteiger partial charge on any atom is -0.355 e. The molecule has 28 heavy (non-hydrogen) atoms. The normalized spacial score (nSPS) is 13.0. The van der Waals surface area contributed by atoms with Crippen LogP contribution in [0.3, 0.4) is 0 Å². The smallest absolute Gasteiger partial charge is 0.163 e. The molecule has 0 amide bonds. The highest BCUT2D eigenvalue weighted by Gasteiger charge is 2.22. The molecule has 1 aliphatic rings. The van der Waals surface area contributed by atoms with Gasteiger partial charge in [0.2, 0.25) is 0 Å². The van der Waals surface area contributed by atoms with Crippen LogP contribution in [0.15, 0.2) is 48.8 Å². The lowest BCUT2D eigenvalue weighted by Crippen LogP contribution is -2.22. The molecule has 144 valence electrons. The molecule has 0 unspecified atom stereocenters. The number of hydrogen-bond acceptors (Lipinski definition) is 6. The van der Waals surface area contributed by atoms with Gasteiger partial charge in [0.1, 0.15) is 5.82 Å². The number of benzene rings is 1. The molecule has 0 radical (unpaired) electrons. The number of nitrogens with zero attached hydrogens (tertiary/aromatic N) is 5. The molecule has 0 saturated heterocycles. The Morgan fingerprint density at radius 2 is 1.71 bits per heavy atom. The van der Waals surface area contributed by atoms with E-state index in [4.69, 9.17) is 9.97 Å². The second-order valence-corrected chi connectivity index (χ2v) is 7.50. The van der Waals surface area contributed by atoms with Crippen molar-refractivity contribution in [2.75, 3.05) is 26.0 Å². The van der Waals surface area contributed by atoms with E-state index in [2.05, 4.69) is 65.5 Å². The van der Waals surface area contributed by atoms with Crippen molar-refractivity contribution in [2.24, 2.45) is 0 Å². The zero-order valence-electron chi connectivity index (χ0n) is 16.7. The summed E-state index contributed by atoms with van der Waals surface area (Å²) >= 11 is 0. The van der Waals surface area contributed by atoms with Crippen LogP contribution in [0.1, 0.15) is 22.4 Å². The molecule has 1 aliphatic heterocycles. The summed E-state index contributed by atoms with van der Waals surface area (Å²) in [6, 6.07) is 12.6. The first-order valence-corrected chi connectivity index (χ1v) is 9.55. The van der Waals surface area contributed by atoms with Crippen LogP contribution in [0.4, 0.5) is 5.82 Å². The van der Waals surface area contributed by atoms with Gasteiger partial charge in [-0.1, -0.05) is 24.3 Å². The zero-order chi connectivity index (χ0) is 19.5. The first-order valence-electron chi connectivity index (χ1n) is 9.55. The number of rotatable bonds is 6. The Kier molecular flexibility index (Phi) is 5.32. The minimum atomic E-state index is 0.735. The van der Waals surface area contributed by atoms with E-state index in [1.807, 2.05) is 18.3 Å². The van der Waals surface area contributed by atoms with Crippen molar-refractivity contribution in [3.63, 3.8) is 0 Å². The maximum absolute atomic E-state index is 4.93. The molecule has 3 aromatic rings. The molecule has 4 rings (SSSR count). The highest BCUT2D eigenvalue weighted by atomic mass is 15.2. The summed E-state index contributed by atoms with van der Waals surface area (Å²) < 4.78 is 0. The Morgan fingerprint density at radius 3 is 2.43 bits per heavy atom. The van der Waals surface area contributed by atoms with Gasteiger partial charge in [0.15, 0.2) is 5.82 Å². The van der Waals surface area contributed by atoms with E-state index < -0.39 is 0 Å². The third-order valence-corrected chi connectivity index (χ3v) is 4.96. The van der Waals surface area contributed by atoms with Crippen molar-refractivity contribution >= 4 is 5.82 Å². The van der Waals surface area contributed by atoms with Crippen LogP contribution >= 0.6 is 0 Å². The Morgan fingerprint density at radius 1 is 0.929 bits per heavy atom. The standard InChI is InChI=1S/C22H26N6/c1-27(2)14-17-7-4-5-8-18(17)15-28(3)22-19-12-24-13-20(19)25-21(26-22)16-9-6-10-23-11-16/h4-11,24H,12-15H2,1-3H3. The Hall–Kier alpha value is -2.83. The number of nitrogens with one attached hydrogen (secondary N) is 1. The summed E-state index contributed by atoms with van der Waals surface area (Å²) in [5.41, 5.74) is 5.88. The van der Waals surface area contributed by atoms with E-state index >= 15 is 0 Å². The molecular formula is C22H26N6. The monoisotopic (exact) mass is 374 g/mol. The van der Waals surface area contributed by atoms with E-state index in [0.29, 0.717) is 0 Å². The van der Waals surface area contributed by atoms with Crippen LogP contribution in [0.2, 0.25) is 0 Å². The van der Waals surface area contributed by atoms with Gasteiger partial charge < -0.3 is 15.1 Å². The van der Waals surface area contributed by atoms with Crippen LogP contribution in [0.5, 0.6) is 0 Å². The lowest BCUT2D eigenvalue weighted by molar-refractivity contribution is 0.401. The highest BCUT2D eigenvalue weighted by molar-refractivity contribution is 5.60. The number of fused-ring (bicyclic) bond motifs is 1. The van der Waals surface area contributed by atoms with Gasteiger partial charge in [0, 0.05) is 56.7 Å². The quantitative estimate of drug-likeness (QED) is 0.716. The third kappa shape index (κ3) is 3.88. The third-order valence-electron chi connectivity index (χ3n) is 4.96. The lowest BCUT2D eigenvalue weighted by Gasteiger charge is -2.23. The number of aromatic nitrogens is 3. The van der Waals surface area contributed by atoms with E-state index in [9.17, 15) is 0 Å². The van der Waals surface area contributed by atoms with Crippen molar-refractivity contribution in [3.8, 4) is 11.4 Å². The second kappa shape index (κ2) is 8.04. The van der Waals surface area contributed by atoms with Gasteiger partial charge in [-0.05, 0) is 37.4 Å². The van der Waals surface area contributed by atoms with Crippen LogP contribution < -0.4 is 10.2 Å². The van der Waals surface area contributed by atoms with Crippen molar-refractivity contribution in [3.05, 3.63) is 71.2 Å². The molecule has 3 heterocycles. The first-order chi connectivity index (χ1) is 13.6. The van der Waals surface area contributed by atoms with Gasteiger partial charge in [-0.2, -0.15) is 0 Å². The number of pyridine rings is 1. The van der Waals surface area contributed by atoms with Gasteiger partial charge in [0.05, 0.1) is 5.69 Å². The summed E-state index contributed by atoms with van der Waals surface area (Å²) in [4.78, 5) is 18.4. The average Bonchev–Trinajstić information content (AvgIpc) is 3.17. The van der Waals surface area contributed by atoms with Crippen molar-refractivity contribution in [1.82, 2.24) is 25.2 Å². The Bertz CT molecular complexity index is 954. The summed E-state index contributed by atoms with van der Waals surface area (Å²) in [6.07, 6.45) is 3.59. The second-order valence-electron chi connectivity index (χ2n) is 7.50. The Labute approximate surface area is 166 Å². The topological polar surface area (TPSA) is 57.2 Å². The van der Waals surface area contributed by atoms with Crippen molar-refractivity contribution in [1.29, 1.82) is 0 Å². The maximum Gasteiger partial charge on any atom is 0.163 e. The van der Waals surface area contributed by atoms with E-state index in [1.54, 1.807) is 6.20 Å². The minimum absolute atomic E-state index is 0.735. The molecule has 1 aromatic carbocycles. The van der Waals surface area contributed by atoms with Gasteiger partial charge >= 0.3 is 0 Å². The SMILES string of the molecule is CN(C)Cc1ccccc1CN(C)c1nc(-c2cccnc2)nc2c1CNC2. The fourth-order valence-electron chi connectivity index (χ4n) is 3.63. The molecule has 0 bridgehead atoms. The molecule has 0 fully saturated rings. The summed E-state index contributed by atoms with van der Waals surface area (Å²) in [5.74, 6) is 1.73. The summed E-state index contributed by atoms with van der Waals surface area (Å²) in [7, 11) is 6.31. The lowest BCUT2D eigenvalue weighted by atomic mass is 10.1. The number of hydrogen-bond donors (Lipinski definition) is 1. The van der Waals surface area contributed by atoms with Gasteiger partial charge in [-0.15, -0.1) is 0 Å². The maximum atomic E-state index is 4.93. The van der Waals surface area contributed by atoms with Gasteiger partial charge in [-0.25, -0.2) is 9.97 Å². The van der Waals surface area contributed by atoms with Crippen LogP contribution in [-0.4, -0.2) is 41.0 Å². The fraction of sp³-hybridized carbons (Fsp3) is 0.318. The fourth-order valence-corrected chi connectivity index (χ4v) is 3.63. The van der Waals surface area contributed by atoms with Crippen LogP contribution in [0.25, 0.3) is 11.4 Å².